The molecule has 0 radical (unpaired) electrons. The third-order valence-corrected chi connectivity index (χ3v) is 7.80. The third-order valence-electron chi connectivity index (χ3n) is 7.80. The van der Waals surface area contributed by atoms with Gasteiger partial charge in [-0.3, -0.25) is 0 Å². The number of allylic oxidation sites excluding steroid dienone is 2. The molecule has 0 amide bonds. The number of rotatable bonds is 8. The van der Waals surface area contributed by atoms with Crippen molar-refractivity contribution in [2.75, 3.05) is 6.61 Å². The van der Waals surface area contributed by atoms with Crippen molar-refractivity contribution in [2.45, 2.75) is 58.3 Å². The summed E-state index contributed by atoms with van der Waals surface area (Å²) in [7, 11) is 0. The Hall–Kier alpha value is -2.69. The number of hydrogen-bond acceptors (Lipinski definition) is 2. The number of halogens is 3. The molecular formula is C30H35F3O2. The summed E-state index contributed by atoms with van der Waals surface area (Å²) in [5.74, 6) is -0.0678. The summed E-state index contributed by atoms with van der Waals surface area (Å²) in [5.41, 5.74) is 0.219. The van der Waals surface area contributed by atoms with Crippen LogP contribution in [0.1, 0.15) is 58.3 Å². The van der Waals surface area contributed by atoms with Gasteiger partial charge in [-0.25, -0.2) is 8.78 Å². The minimum atomic E-state index is -1.11. The molecule has 2 saturated carbocycles. The van der Waals surface area contributed by atoms with E-state index in [-0.39, 0.29) is 22.6 Å². The second kappa shape index (κ2) is 11.8. The highest BCUT2D eigenvalue weighted by Gasteiger charge is 2.30. The van der Waals surface area contributed by atoms with Gasteiger partial charge in [-0.1, -0.05) is 18.2 Å². The number of hydrogen-bond donors (Lipinski definition) is 0. The van der Waals surface area contributed by atoms with Gasteiger partial charge >= 0.3 is 0 Å². The molecule has 0 spiro atoms. The summed E-state index contributed by atoms with van der Waals surface area (Å²) < 4.78 is 54.5. The molecule has 0 aromatic heterocycles. The maximum atomic E-state index is 14.8. The Labute approximate surface area is 206 Å². The monoisotopic (exact) mass is 484 g/mol. The van der Waals surface area contributed by atoms with Crippen LogP contribution in [0.3, 0.4) is 0 Å². The fourth-order valence-electron chi connectivity index (χ4n) is 5.66. The molecule has 0 N–H and O–H groups in total. The standard InChI is InChI=1S/C30H35F3O2/c1-3-17-34-28-16-14-25(29(32)30(28)33)24-13-15-27(26(31)18-24)35-19-21-7-11-23(12-8-21)22-9-5-20(4-2)6-10-22/h3-4,13-18,20-23H,2,5-12,19H2,1H3. The van der Waals surface area contributed by atoms with Gasteiger partial charge in [0.05, 0.1) is 12.9 Å². The van der Waals surface area contributed by atoms with Crippen molar-refractivity contribution in [2.24, 2.45) is 23.7 Å². The zero-order valence-electron chi connectivity index (χ0n) is 20.4. The molecule has 2 fully saturated rings. The van der Waals surface area contributed by atoms with Crippen LogP contribution < -0.4 is 9.47 Å². The van der Waals surface area contributed by atoms with Crippen molar-refractivity contribution in [3.63, 3.8) is 0 Å². The molecule has 0 heterocycles. The highest BCUT2D eigenvalue weighted by atomic mass is 19.2. The van der Waals surface area contributed by atoms with Crippen LogP contribution in [0.15, 0.2) is 55.3 Å². The van der Waals surface area contributed by atoms with Gasteiger partial charge < -0.3 is 9.47 Å². The van der Waals surface area contributed by atoms with E-state index < -0.39 is 17.5 Å². The highest BCUT2D eigenvalue weighted by Crippen LogP contribution is 2.42. The average Bonchev–Trinajstić information content (AvgIpc) is 2.89. The van der Waals surface area contributed by atoms with E-state index in [1.54, 1.807) is 19.1 Å². The first-order valence-electron chi connectivity index (χ1n) is 12.8. The molecule has 2 aliphatic rings. The van der Waals surface area contributed by atoms with Gasteiger partial charge in [-0.05, 0) is 112 Å². The lowest BCUT2D eigenvalue weighted by Crippen LogP contribution is -2.27. The quantitative estimate of drug-likeness (QED) is 0.275. The maximum absolute atomic E-state index is 14.8. The van der Waals surface area contributed by atoms with Crippen LogP contribution >= 0.6 is 0 Å². The van der Waals surface area contributed by atoms with Gasteiger partial charge in [0.2, 0.25) is 5.82 Å². The zero-order valence-corrected chi connectivity index (χ0v) is 20.4. The van der Waals surface area contributed by atoms with Crippen molar-refractivity contribution in [1.29, 1.82) is 0 Å². The molecule has 2 aromatic rings. The van der Waals surface area contributed by atoms with E-state index in [1.165, 1.54) is 69.1 Å². The number of benzene rings is 2. The molecule has 2 aromatic carbocycles. The van der Waals surface area contributed by atoms with Crippen LogP contribution in [0.5, 0.6) is 11.5 Å². The third kappa shape index (κ3) is 6.12. The Balaban J connectivity index is 1.31. The SMILES string of the molecule is C=CC1CCC(C2CCC(COc3ccc(-c4ccc(OC=CC)c(F)c4F)cc3F)CC2)CC1. The van der Waals surface area contributed by atoms with E-state index in [4.69, 9.17) is 9.47 Å². The van der Waals surface area contributed by atoms with Crippen molar-refractivity contribution < 1.29 is 22.6 Å². The summed E-state index contributed by atoms with van der Waals surface area (Å²) in [6, 6.07) is 6.96. The van der Waals surface area contributed by atoms with Crippen molar-refractivity contribution >= 4 is 0 Å². The van der Waals surface area contributed by atoms with Crippen LogP contribution in [-0.2, 0) is 0 Å². The average molecular weight is 485 g/mol. The summed E-state index contributed by atoms with van der Waals surface area (Å²) >= 11 is 0. The zero-order chi connectivity index (χ0) is 24.8. The smallest absolute Gasteiger partial charge is 0.201 e. The van der Waals surface area contributed by atoms with Gasteiger partial charge in [0.25, 0.3) is 0 Å². The molecule has 0 unspecified atom stereocenters. The Morgan fingerprint density at radius 1 is 0.857 bits per heavy atom. The topological polar surface area (TPSA) is 18.5 Å². The molecule has 188 valence electrons. The Bertz CT molecular complexity index is 1030. The molecule has 4 rings (SSSR count). The molecule has 0 atom stereocenters. The number of ether oxygens (including phenoxy) is 2. The van der Waals surface area contributed by atoms with Gasteiger partial charge in [-0.15, -0.1) is 6.58 Å². The van der Waals surface area contributed by atoms with Crippen molar-refractivity contribution in [3.05, 3.63) is 72.8 Å². The van der Waals surface area contributed by atoms with E-state index in [2.05, 4.69) is 12.7 Å². The summed E-state index contributed by atoms with van der Waals surface area (Å²) in [6.45, 7) is 6.13. The van der Waals surface area contributed by atoms with Crippen molar-refractivity contribution in [1.82, 2.24) is 0 Å². The van der Waals surface area contributed by atoms with Crippen LogP contribution in [0, 0.1) is 41.1 Å². The van der Waals surface area contributed by atoms with E-state index in [1.807, 2.05) is 0 Å². The van der Waals surface area contributed by atoms with E-state index in [0.29, 0.717) is 18.4 Å². The van der Waals surface area contributed by atoms with Gasteiger partial charge in [0.1, 0.15) is 0 Å². The van der Waals surface area contributed by atoms with Crippen LogP contribution in [0.4, 0.5) is 13.2 Å². The second-order valence-electron chi connectivity index (χ2n) is 9.97. The summed E-state index contributed by atoms with van der Waals surface area (Å²) in [6.07, 6.45) is 14.8. The fraction of sp³-hybridized carbons (Fsp3) is 0.467. The predicted octanol–water partition coefficient (Wildman–Crippen LogP) is 8.86. The molecule has 2 nitrogen and oxygen atoms in total. The minimum absolute atomic E-state index is 0.0266. The first-order valence-corrected chi connectivity index (χ1v) is 12.8. The van der Waals surface area contributed by atoms with Gasteiger partial charge in [-0.2, -0.15) is 4.39 Å². The largest absolute Gasteiger partial charge is 0.490 e. The first-order chi connectivity index (χ1) is 17.0. The fourth-order valence-corrected chi connectivity index (χ4v) is 5.66. The van der Waals surface area contributed by atoms with Crippen LogP contribution in [0.2, 0.25) is 0 Å². The molecule has 0 bridgehead atoms. The lowest BCUT2D eigenvalue weighted by atomic mass is 9.69. The van der Waals surface area contributed by atoms with Gasteiger partial charge in [0, 0.05) is 5.56 Å². The first kappa shape index (κ1) is 25.4. The molecular weight excluding hydrogens is 449 g/mol. The van der Waals surface area contributed by atoms with Gasteiger partial charge in [0.15, 0.2) is 23.1 Å². The van der Waals surface area contributed by atoms with Crippen LogP contribution in [-0.4, -0.2) is 6.61 Å². The normalized spacial score (nSPS) is 24.9. The van der Waals surface area contributed by atoms with E-state index >= 15 is 0 Å². The Kier molecular flexibility index (Phi) is 8.59. The van der Waals surface area contributed by atoms with E-state index in [0.717, 1.165) is 24.7 Å². The minimum Gasteiger partial charge on any atom is -0.490 e. The Morgan fingerprint density at radius 3 is 2.14 bits per heavy atom. The molecule has 35 heavy (non-hydrogen) atoms. The van der Waals surface area contributed by atoms with Crippen molar-refractivity contribution in [3.8, 4) is 22.6 Å². The van der Waals surface area contributed by atoms with E-state index in [9.17, 15) is 13.2 Å². The molecule has 0 saturated heterocycles. The lowest BCUT2D eigenvalue weighted by molar-refractivity contribution is 0.127. The predicted molar refractivity (Wildman–Crippen MR) is 134 cm³/mol. The molecule has 2 aliphatic carbocycles. The summed E-state index contributed by atoms with van der Waals surface area (Å²) in [5, 5.41) is 0. The summed E-state index contributed by atoms with van der Waals surface area (Å²) in [4.78, 5) is 0. The lowest BCUT2D eigenvalue weighted by Gasteiger charge is -2.37. The maximum Gasteiger partial charge on any atom is 0.201 e. The highest BCUT2D eigenvalue weighted by molar-refractivity contribution is 5.66. The Morgan fingerprint density at radius 2 is 1.51 bits per heavy atom. The van der Waals surface area contributed by atoms with Crippen LogP contribution in [0.25, 0.3) is 11.1 Å². The molecule has 0 aliphatic heterocycles. The second-order valence-corrected chi connectivity index (χ2v) is 9.97. The molecule has 5 heteroatoms.